The standard InChI is InChI=1S/C34H29N3O5.C27H38N2O4.C24H32N2O4/c1-2-35-30-13-7-26(8-14-30)21-25-3-5-29(6-4-25)23-33(39)41-19-20-42-34(40)37-32-17-11-28(12-18-32)22-27-9-15-31(16-10-27)36-24-38;1-3-5-7-9-19-32-26(30)28-24-15-11-22(12-16-24)21-23-13-17-25(18-14-23)29-27(31)33-20-10-8-6-4-2;1-3-5-6-7-17-30-24(28)26-22-14-10-20(11-15-22)18-19-8-12-21(13-9-19)25-23(27)29-16-4-2/h3-18H,1,19-23H2,(H,37,40);11-18H,3-10,19-21H2,1-2H3,(H,28,30)(H,29,31);8-15H,3-7,16-18H2,1-2H3,(H,25,27)(H,26,28). The van der Waals surface area contributed by atoms with Crippen molar-refractivity contribution in [1.29, 1.82) is 0 Å². The van der Waals surface area contributed by atoms with Gasteiger partial charge in [-0.25, -0.2) is 33.8 Å². The van der Waals surface area contributed by atoms with Crippen LogP contribution in [0.2, 0.25) is 0 Å². The monoisotopic (exact) mass is 1430 g/mol. The van der Waals surface area contributed by atoms with Crippen molar-refractivity contribution in [2.45, 2.75) is 143 Å². The van der Waals surface area contributed by atoms with Crippen LogP contribution in [0.25, 0.3) is 0 Å². The molecule has 0 bridgehead atoms. The largest absolute Gasteiger partial charge is 0.462 e. The second kappa shape index (κ2) is 49.1. The van der Waals surface area contributed by atoms with Crippen molar-refractivity contribution >= 4 is 88.2 Å². The van der Waals surface area contributed by atoms with Gasteiger partial charge in [-0.2, -0.15) is 4.99 Å². The van der Waals surface area contributed by atoms with Crippen LogP contribution < -0.4 is 26.6 Å². The molecule has 8 rings (SSSR count). The van der Waals surface area contributed by atoms with Gasteiger partial charge in [-0.1, -0.05) is 195 Å². The van der Waals surface area contributed by atoms with Gasteiger partial charge in [-0.15, -0.1) is 0 Å². The van der Waals surface area contributed by atoms with Crippen LogP contribution in [-0.4, -0.2) is 88.0 Å². The molecule has 0 saturated carbocycles. The van der Waals surface area contributed by atoms with Crippen LogP contribution >= 0.6 is 0 Å². The Kier molecular flexibility index (Phi) is 38.5. The topological polar surface area (TPSA) is 260 Å². The van der Waals surface area contributed by atoms with Crippen molar-refractivity contribution in [3.8, 4) is 0 Å². The van der Waals surface area contributed by atoms with E-state index in [0.717, 1.165) is 158 Å². The van der Waals surface area contributed by atoms with E-state index >= 15 is 0 Å². The summed E-state index contributed by atoms with van der Waals surface area (Å²) in [5, 5.41) is 13.6. The zero-order chi connectivity index (χ0) is 74.9. The number of ether oxygens (including phenoxy) is 6. The molecular weight excluding hydrogens is 1330 g/mol. The Labute approximate surface area is 617 Å². The fraction of sp³-hybridized carbons (Fsp3) is 0.329. The Morgan fingerprint density at radius 2 is 0.543 bits per heavy atom. The minimum absolute atomic E-state index is 0.0356. The summed E-state index contributed by atoms with van der Waals surface area (Å²) in [7, 11) is 0. The second-order valence-electron chi connectivity index (χ2n) is 24.7. The van der Waals surface area contributed by atoms with Crippen molar-refractivity contribution in [1.82, 2.24) is 0 Å². The predicted molar refractivity (Wildman–Crippen MR) is 415 cm³/mol. The Morgan fingerprint density at radius 3 is 0.819 bits per heavy atom. The molecule has 0 atom stereocenters. The molecule has 20 heteroatoms. The van der Waals surface area contributed by atoms with E-state index in [-0.39, 0.29) is 19.6 Å². The lowest BCUT2D eigenvalue weighted by molar-refractivity contribution is -0.143. The minimum atomic E-state index is -0.635. The summed E-state index contributed by atoms with van der Waals surface area (Å²) in [5.41, 5.74) is 14.5. The summed E-state index contributed by atoms with van der Waals surface area (Å²) in [5.74, 6) is 2.12. The molecule has 0 saturated heterocycles. The highest BCUT2D eigenvalue weighted by Crippen LogP contribution is 2.22. The van der Waals surface area contributed by atoms with Gasteiger partial charge in [0.1, 0.15) is 13.2 Å². The smallest absolute Gasteiger partial charge is 0.411 e. The molecule has 0 aromatic heterocycles. The summed E-state index contributed by atoms with van der Waals surface area (Å²) in [6.45, 7) is 13.5. The van der Waals surface area contributed by atoms with Gasteiger partial charge >= 0.3 is 36.4 Å². The number of hydrogen-bond acceptors (Lipinski definition) is 15. The Balaban J connectivity index is 0.000000251. The van der Waals surface area contributed by atoms with Crippen molar-refractivity contribution in [3.05, 3.63) is 251 Å². The highest BCUT2D eigenvalue weighted by molar-refractivity contribution is 5.87. The van der Waals surface area contributed by atoms with Gasteiger partial charge in [0.25, 0.3) is 0 Å². The average molecular weight is 1430 g/mol. The van der Waals surface area contributed by atoms with Crippen LogP contribution in [0.5, 0.6) is 0 Å². The van der Waals surface area contributed by atoms with E-state index in [1.807, 2.05) is 177 Å². The molecule has 0 spiro atoms. The molecule has 105 heavy (non-hydrogen) atoms. The third kappa shape index (κ3) is 35.2. The van der Waals surface area contributed by atoms with Crippen LogP contribution in [-0.2, 0) is 70.1 Å². The van der Waals surface area contributed by atoms with Crippen LogP contribution in [0.1, 0.15) is 161 Å². The van der Waals surface area contributed by atoms with Gasteiger partial charge in [0, 0.05) is 28.4 Å². The SMILES string of the molecule is C=C=Nc1ccc(Cc2ccc(CC(=O)OCCOC(=O)Nc3ccc(Cc4ccc(N=C=O)cc4)cc3)cc2)cc1.CCCCCCOC(=O)Nc1ccc(Cc2ccc(NC(=O)OCCC)cc2)cc1.CCCCCCOC(=O)Nc1ccc(Cc2ccc(NC(=O)OCCCCCC)cc2)cc1. The maximum Gasteiger partial charge on any atom is 0.411 e. The van der Waals surface area contributed by atoms with Gasteiger partial charge in [0.2, 0.25) is 6.08 Å². The van der Waals surface area contributed by atoms with Gasteiger partial charge in [0.05, 0.1) is 44.2 Å². The van der Waals surface area contributed by atoms with E-state index < -0.39 is 36.4 Å². The third-order valence-corrected chi connectivity index (χ3v) is 16.0. The van der Waals surface area contributed by atoms with Gasteiger partial charge < -0.3 is 28.4 Å². The number of amides is 5. The van der Waals surface area contributed by atoms with Gasteiger partial charge in [-0.3, -0.25) is 31.4 Å². The molecule has 20 nitrogen and oxygen atoms in total. The van der Waals surface area contributed by atoms with E-state index in [2.05, 4.69) is 69.8 Å². The lowest BCUT2D eigenvalue weighted by atomic mass is 10.0. The van der Waals surface area contributed by atoms with Crippen LogP contribution in [0, 0.1) is 0 Å². The number of isocyanates is 1. The number of esters is 1. The first-order valence-corrected chi connectivity index (χ1v) is 36.1. The normalized spacial score (nSPS) is 10.3. The summed E-state index contributed by atoms with van der Waals surface area (Å²) in [4.78, 5) is 89.3. The first kappa shape index (κ1) is 82.4. The number of hydrogen-bond donors (Lipinski definition) is 5. The lowest BCUT2D eigenvalue weighted by Gasteiger charge is -2.09. The highest BCUT2D eigenvalue weighted by atomic mass is 16.6. The first-order chi connectivity index (χ1) is 51.2. The quantitative estimate of drug-likeness (QED) is 0.00799. The summed E-state index contributed by atoms with van der Waals surface area (Å²) in [6, 6.07) is 61.1. The Bertz CT molecular complexity index is 3780. The van der Waals surface area contributed by atoms with Gasteiger partial charge in [0.15, 0.2) is 0 Å². The Hall–Kier alpha value is -11.6. The van der Waals surface area contributed by atoms with Crippen molar-refractivity contribution in [3.63, 3.8) is 0 Å². The predicted octanol–water partition coefficient (Wildman–Crippen LogP) is 20.6. The molecule has 552 valence electrons. The maximum atomic E-state index is 12.2. The number of carbonyl (C=O) groups is 6. The Morgan fingerprint density at radius 1 is 0.295 bits per heavy atom. The molecule has 0 aliphatic heterocycles. The van der Waals surface area contributed by atoms with Crippen LogP contribution in [0.15, 0.2) is 211 Å². The van der Waals surface area contributed by atoms with E-state index in [9.17, 15) is 33.6 Å². The number of carbonyl (C=O) groups excluding carboxylic acids is 7. The first-order valence-electron chi connectivity index (χ1n) is 36.1. The van der Waals surface area contributed by atoms with E-state index in [1.54, 1.807) is 24.3 Å². The number of nitrogens with zero attached hydrogens (tertiary/aromatic N) is 2. The van der Waals surface area contributed by atoms with Gasteiger partial charge in [-0.05, 0) is 199 Å². The molecule has 0 heterocycles. The van der Waals surface area contributed by atoms with Crippen LogP contribution in [0.4, 0.5) is 63.8 Å². The van der Waals surface area contributed by atoms with E-state index in [4.69, 9.17) is 28.4 Å². The molecule has 0 unspecified atom stereocenters. The molecule has 0 fully saturated rings. The number of rotatable bonds is 37. The van der Waals surface area contributed by atoms with Crippen molar-refractivity contribution < 1.29 is 62.0 Å². The summed E-state index contributed by atoms with van der Waals surface area (Å²) in [6.07, 6.45) is 16.0. The fourth-order valence-electron chi connectivity index (χ4n) is 10.3. The summed E-state index contributed by atoms with van der Waals surface area (Å²) < 4.78 is 30.9. The number of aliphatic imine (C=N–C) groups is 2. The molecule has 5 amide bonds. The third-order valence-electron chi connectivity index (χ3n) is 16.0. The zero-order valence-electron chi connectivity index (χ0n) is 60.9. The molecule has 0 aliphatic carbocycles. The van der Waals surface area contributed by atoms with Crippen molar-refractivity contribution in [2.75, 3.05) is 66.2 Å². The molecular formula is C85H99N7O13. The number of benzene rings is 8. The zero-order valence-corrected chi connectivity index (χ0v) is 60.9. The molecule has 0 aliphatic rings. The molecule has 5 N–H and O–H groups in total. The number of anilines is 5. The lowest BCUT2D eigenvalue weighted by Crippen LogP contribution is -2.18. The fourth-order valence-corrected chi connectivity index (χ4v) is 10.3. The van der Waals surface area contributed by atoms with Crippen molar-refractivity contribution in [2.24, 2.45) is 9.98 Å². The molecule has 0 radical (unpaired) electrons. The molecule has 8 aromatic carbocycles. The van der Waals surface area contributed by atoms with E-state index in [0.29, 0.717) is 67.0 Å². The maximum absolute atomic E-state index is 12.2. The number of unbranched alkanes of at least 4 members (excludes halogenated alkanes) is 9. The van der Waals surface area contributed by atoms with E-state index in [1.165, 1.54) is 6.08 Å². The second-order valence-corrected chi connectivity index (χ2v) is 24.7. The molecule has 8 aromatic rings. The summed E-state index contributed by atoms with van der Waals surface area (Å²) >= 11 is 0. The average Bonchev–Trinajstić information content (AvgIpc) is 0.953. The number of nitrogens with one attached hydrogen (secondary N) is 5. The van der Waals surface area contributed by atoms with Crippen LogP contribution in [0.3, 0.4) is 0 Å². The highest BCUT2D eigenvalue weighted by Gasteiger charge is 2.12. The minimum Gasteiger partial charge on any atom is -0.462 e.